The molecule has 1 heterocycles. The second kappa shape index (κ2) is 8.01. The Balaban J connectivity index is 2.26. The minimum Gasteiger partial charge on any atom is -0.355 e. The third-order valence-corrected chi connectivity index (χ3v) is 3.41. The number of hydrogen-bond acceptors (Lipinski definition) is 4. The number of aromatic nitrogens is 2. The van der Waals surface area contributed by atoms with Crippen LogP contribution in [0.5, 0.6) is 0 Å². The maximum Gasteiger partial charge on any atom is 0.254 e. The number of amides is 2. The van der Waals surface area contributed by atoms with Crippen LogP contribution >= 0.6 is 0 Å². The van der Waals surface area contributed by atoms with Crippen molar-refractivity contribution < 1.29 is 9.59 Å². The quantitative estimate of drug-likeness (QED) is 0.793. The van der Waals surface area contributed by atoms with Crippen LogP contribution in [0.3, 0.4) is 0 Å². The van der Waals surface area contributed by atoms with Gasteiger partial charge >= 0.3 is 0 Å². The molecule has 6 nitrogen and oxygen atoms in total. The maximum absolute atomic E-state index is 12.0. The number of carbonyl (C=O) groups is 2. The lowest BCUT2D eigenvalue weighted by Crippen LogP contribution is -2.27. The zero-order chi connectivity index (χ0) is 17.5. The molecule has 124 valence electrons. The number of carbonyl (C=O) groups excluding carboxylic acids is 2. The molecule has 0 saturated carbocycles. The molecule has 2 N–H and O–H groups in total. The first-order valence-corrected chi connectivity index (χ1v) is 7.60. The molecule has 0 spiro atoms. The van der Waals surface area contributed by atoms with Crippen molar-refractivity contribution in [3.8, 4) is 11.4 Å². The van der Waals surface area contributed by atoms with Crippen LogP contribution in [-0.2, 0) is 11.2 Å². The number of nitrogens with one attached hydrogen (secondary N) is 2. The monoisotopic (exact) mass is 324 g/mol. The third-order valence-electron chi connectivity index (χ3n) is 3.41. The molecule has 0 bridgehead atoms. The van der Waals surface area contributed by atoms with E-state index in [0.717, 1.165) is 5.56 Å². The third kappa shape index (κ3) is 4.25. The first-order valence-electron chi connectivity index (χ1n) is 7.60. The Kier molecular flexibility index (Phi) is 5.78. The van der Waals surface area contributed by atoms with Gasteiger partial charge in [0.2, 0.25) is 5.91 Å². The Morgan fingerprint density at radius 1 is 1.21 bits per heavy atom. The fourth-order valence-corrected chi connectivity index (χ4v) is 2.10. The van der Waals surface area contributed by atoms with Crippen molar-refractivity contribution in [1.29, 1.82) is 0 Å². The van der Waals surface area contributed by atoms with Gasteiger partial charge in [-0.1, -0.05) is 36.9 Å². The van der Waals surface area contributed by atoms with Gasteiger partial charge in [0.25, 0.3) is 5.91 Å². The summed E-state index contributed by atoms with van der Waals surface area (Å²) in [5.41, 5.74) is 2.30. The molecular weight excluding hydrogens is 304 g/mol. The molecule has 0 radical (unpaired) electrons. The van der Waals surface area contributed by atoms with Crippen molar-refractivity contribution in [2.45, 2.75) is 13.3 Å². The van der Waals surface area contributed by atoms with Crippen LogP contribution < -0.4 is 10.6 Å². The second-order valence-electron chi connectivity index (χ2n) is 5.29. The molecular formula is C18H20N4O2. The van der Waals surface area contributed by atoms with Crippen molar-refractivity contribution >= 4 is 11.8 Å². The van der Waals surface area contributed by atoms with Crippen LogP contribution in [0.2, 0.25) is 0 Å². The molecule has 24 heavy (non-hydrogen) atoms. The van der Waals surface area contributed by atoms with Crippen molar-refractivity contribution in [2.75, 3.05) is 13.6 Å². The van der Waals surface area contributed by atoms with Gasteiger partial charge in [-0.25, -0.2) is 9.97 Å². The van der Waals surface area contributed by atoms with Gasteiger partial charge in [0.05, 0.1) is 11.3 Å². The summed E-state index contributed by atoms with van der Waals surface area (Å²) >= 11 is 0. The van der Waals surface area contributed by atoms with Gasteiger partial charge in [0.15, 0.2) is 5.82 Å². The summed E-state index contributed by atoms with van der Waals surface area (Å²) < 4.78 is 0. The average molecular weight is 324 g/mol. The van der Waals surface area contributed by atoms with Crippen LogP contribution in [0.15, 0.2) is 48.7 Å². The van der Waals surface area contributed by atoms with E-state index < -0.39 is 0 Å². The van der Waals surface area contributed by atoms with Crippen molar-refractivity contribution in [3.05, 3.63) is 59.9 Å². The highest BCUT2D eigenvalue weighted by molar-refractivity contribution is 5.95. The van der Waals surface area contributed by atoms with Gasteiger partial charge < -0.3 is 10.6 Å². The van der Waals surface area contributed by atoms with Crippen molar-refractivity contribution in [3.63, 3.8) is 0 Å². The lowest BCUT2D eigenvalue weighted by Gasteiger charge is -2.10. The standard InChI is InChI=1S/C18H20N4O2/c1-12(2)17(23)20-10-9-15-14(18(24)19-3)11-21-16(22-15)13-7-5-4-6-8-13/h4-8,11H,1,9-10H2,2-3H3,(H,19,24)(H,20,23). The molecule has 0 saturated heterocycles. The van der Waals surface area contributed by atoms with Gasteiger partial charge in [-0.05, 0) is 6.92 Å². The smallest absolute Gasteiger partial charge is 0.254 e. The van der Waals surface area contributed by atoms with E-state index in [2.05, 4.69) is 27.2 Å². The van der Waals surface area contributed by atoms with E-state index in [0.29, 0.717) is 35.6 Å². The van der Waals surface area contributed by atoms with E-state index in [9.17, 15) is 9.59 Å². The summed E-state index contributed by atoms with van der Waals surface area (Å²) in [6.45, 7) is 5.60. The predicted molar refractivity (Wildman–Crippen MR) is 92.4 cm³/mol. The van der Waals surface area contributed by atoms with Gasteiger partial charge in [-0.15, -0.1) is 0 Å². The zero-order valence-electron chi connectivity index (χ0n) is 13.8. The van der Waals surface area contributed by atoms with Gasteiger partial charge in [-0.2, -0.15) is 0 Å². The normalized spacial score (nSPS) is 10.1. The first-order chi connectivity index (χ1) is 11.5. The highest BCUT2D eigenvalue weighted by Gasteiger charge is 2.14. The predicted octanol–water partition coefficient (Wildman–Crippen LogP) is 1.74. The van der Waals surface area contributed by atoms with Crippen LogP contribution in [0.4, 0.5) is 0 Å². The topological polar surface area (TPSA) is 84.0 Å². The summed E-state index contributed by atoms with van der Waals surface area (Å²) in [6.07, 6.45) is 1.94. The molecule has 0 atom stereocenters. The van der Waals surface area contributed by atoms with E-state index in [1.807, 2.05) is 30.3 Å². The maximum atomic E-state index is 12.0. The molecule has 1 aromatic heterocycles. The lowest BCUT2D eigenvalue weighted by molar-refractivity contribution is -0.117. The largest absolute Gasteiger partial charge is 0.355 e. The number of rotatable bonds is 6. The summed E-state index contributed by atoms with van der Waals surface area (Å²) in [7, 11) is 1.56. The number of nitrogens with zero attached hydrogens (tertiary/aromatic N) is 2. The highest BCUT2D eigenvalue weighted by atomic mass is 16.2. The van der Waals surface area contributed by atoms with Crippen LogP contribution in [0, 0.1) is 0 Å². The number of hydrogen-bond donors (Lipinski definition) is 2. The molecule has 2 aromatic rings. The Labute approximate surface area is 141 Å². The Morgan fingerprint density at radius 2 is 1.92 bits per heavy atom. The fourth-order valence-electron chi connectivity index (χ4n) is 2.10. The van der Waals surface area contributed by atoms with Crippen LogP contribution in [-0.4, -0.2) is 35.4 Å². The molecule has 1 aromatic carbocycles. The molecule has 0 fully saturated rings. The molecule has 0 aliphatic heterocycles. The van der Waals surface area contributed by atoms with Crippen LogP contribution in [0.25, 0.3) is 11.4 Å². The van der Waals surface area contributed by atoms with E-state index in [-0.39, 0.29) is 11.8 Å². The zero-order valence-corrected chi connectivity index (χ0v) is 13.8. The summed E-state index contributed by atoms with van der Waals surface area (Å²) in [6, 6.07) is 9.52. The SMILES string of the molecule is C=C(C)C(=O)NCCc1nc(-c2ccccc2)ncc1C(=O)NC. The van der Waals surface area contributed by atoms with Crippen molar-refractivity contribution in [1.82, 2.24) is 20.6 Å². The lowest BCUT2D eigenvalue weighted by atomic mass is 10.1. The first kappa shape index (κ1) is 17.3. The number of benzene rings is 1. The highest BCUT2D eigenvalue weighted by Crippen LogP contribution is 2.16. The Morgan fingerprint density at radius 3 is 2.54 bits per heavy atom. The van der Waals surface area contributed by atoms with E-state index >= 15 is 0 Å². The minimum absolute atomic E-state index is 0.214. The van der Waals surface area contributed by atoms with Gasteiger partial charge in [-0.3, -0.25) is 9.59 Å². The second-order valence-corrected chi connectivity index (χ2v) is 5.29. The molecule has 0 aliphatic rings. The molecule has 2 rings (SSSR count). The van der Waals surface area contributed by atoms with Crippen molar-refractivity contribution in [2.24, 2.45) is 0 Å². The average Bonchev–Trinajstić information content (AvgIpc) is 2.61. The molecule has 6 heteroatoms. The Bertz CT molecular complexity index is 757. The fraction of sp³-hybridized carbons (Fsp3) is 0.222. The van der Waals surface area contributed by atoms with Gasteiger partial charge in [0.1, 0.15) is 0 Å². The van der Waals surface area contributed by atoms with E-state index in [1.165, 1.54) is 6.20 Å². The molecule has 0 aliphatic carbocycles. The minimum atomic E-state index is -0.254. The van der Waals surface area contributed by atoms with E-state index in [4.69, 9.17) is 0 Å². The molecule has 2 amide bonds. The summed E-state index contributed by atoms with van der Waals surface area (Å²) in [5.74, 6) is 0.0779. The van der Waals surface area contributed by atoms with E-state index in [1.54, 1.807) is 14.0 Å². The van der Waals surface area contributed by atoms with Gasteiger partial charge in [0, 0.05) is 37.3 Å². The molecule has 0 unspecified atom stereocenters. The summed E-state index contributed by atoms with van der Waals surface area (Å²) in [5, 5.41) is 5.32. The Hall–Kier alpha value is -3.02. The summed E-state index contributed by atoms with van der Waals surface area (Å²) in [4.78, 5) is 32.4. The van der Waals surface area contributed by atoms with Crippen LogP contribution in [0.1, 0.15) is 23.0 Å².